The molecule has 1 saturated heterocycles. The van der Waals surface area contributed by atoms with Crippen LogP contribution in [0.2, 0.25) is 0 Å². The number of ether oxygens (including phenoxy) is 2. The van der Waals surface area contributed by atoms with E-state index in [0.29, 0.717) is 24.0 Å². The van der Waals surface area contributed by atoms with E-state index in [9.17, 15) is 10.1 Å². The van der Waals surface area contributed by atoms with Crippen LogP contribution in [-0.2, 0) is 0 Å². The van der Waals surface area contributed by atoms with Gasteiger partial charge in [0.05, 0.1) is 24.7 Å². The van der Waals surface area contributed by atoms with E-state index in [-0.39, 0.29) is 5.69 Å². The largest absolute Gasteiger partial charge is 0.496 e. The van der Waals surface area contributed by atoms with Crippen LogP contribution < -0.4 is 14.8 Å². The van der Waals surface area contributed by atoms with Crippen LogP contribution >= 0.6 is 0 Å². The van der Waals surface area contributed by atoms with E-state index in [2.05, 4.69) is 5.32 Å². The minimum Gasteiger partial charge on any atom is -0.496 e. The van der Waals surface area contributed by atoms with Crippen molar-refractivity contribution in [1.82, 2.24) is 5.32 Å². The van der Waals surface area contributed by atoms with Gasteiger partial charge in [0.15, 0.2) is 5.75 Å². The van der Waals surface area contributed by atoms with Gasteiger partial charge >= 0.3 is 5.69 Å². The summed E-state index contributed by atoms with van der Waals surface area (Å²) in [6.45, 7) is 2.49. The number of nitrogens with one attached hydrogen (secondary N) is 1. The van der Waals surface area contributed by atoms with Crippen molar-refractivity contribution in [3.8, 4) is 11.5 Å². The van der Waals surface area contributed by atoms with E-state index in [4.69, 9.17) is 9.47 Å². The Balaban J connectivity index is 2.04. The van der Waals surface area contributed by atoms with Gasteiger partial charge in [-0.15, -0.1) is 0 Å². The summed E-state index contributed by atoms with van der Waals surface area (Å²) in [4.78, 5) is 10.6. The molecule has 0 aromatic heterocycles. The van der Waals surface area contributed by atoms with Crippen molar-refractivity contribution in [2.24, 2.45) is 5.92 Å². The van der Waals surface area contributed by atoms with Gasteiger partial charge in [0.1, 0.15) is 5.75 Å². The Labute approximate surface area is 111 Å². The molecule has 1 aromatic rings. The van der Waals surface area contributed by atoms with E-state index in [1.165, 1.54) is 13.2 Å². The van der Waals surface area contributed by atoms with Crippen LogP contribution in [-0.4, -0.2) is 31.7 Å². The van der Waals surface area contributed by atoms with E-state index in [0.717, 1.165) is 25.9 Å². The van der Waals surface area contributed by atoms with Gasteiger partial charge in [-0.3, -0.25) is 10.1 Å². The predicted octanol–water partition coefficient (Wildman–Crippen LogP) is 1.98. The number of nitrogens with zero attached hydrogens (tertiary/aromatic N) is 1. The Morgan fingerprint density at radius 3 is 2.79 bits per heavy atom. The summed E-state index contributed by atoms with van der Waals surface area (Å²) in [5.74, 6) is 1.23. The molecular weight excluding hydrogens is 248 g/mol. The Morgan fingerprint density at radius 1 is 1.42 bits per heavy atom. The van der Waals surface area contributed by atoms with E-state index in [1.54, 1.807) is 12.1 Å². The molecule has 1 N–H and O–H groups in total. The third kappa shape index (κ3) is 3.57. The maximum atomic E-state index is 11.0. The lowest BCUT2D eigenvalue weighted by Crippen LogP contribution is -2.30. The molecule has 0 amide bonds. The predicted molar refractivity (Wildman–Crippen MR) is 70.7 cm³/mol. The molecule has 0 saturated carbocycles. The number of rotatable bonds is 5. The highest BCUT2D eigenvalue weighted by Gasteiger charge is 2.19. The van der Waals surface area contributed by atoms with Crippen molar-refractivity contribution in [3.05, 3.63) is 28.3 Å². The SMILES string of the molecule is COc1ccc(OCC2CCNCC2)c([N+](=O)[O-])c1. The molecule has 1 aromatic carbocycles. The number of nitro groups is 1. The first-order chi connectivity index (χ1) is 9.20. The molecule has 0 atom stereocenters. The second-order valence-electron chi connectivity index (χ2n) is 4.60. The quantitative estimate of drug-likeness (QED) is 0.651. The van der Waals surface area contributed by atoms with Crippen LogP contribution in [0.25, 0.3) is 0 Å². The molecule has 0 radical (unpaired) electrons. The molecule has 0 spiro atoms. The molecule has 1 heterocycles. The first-order valence-corrected chi connectivity index (χ1v) is 6.36. The van der Waals surface area contributed by atoms with Crippen molar-refractivity contribution >= 4 is 5.69 Å². The van der Waals surface area contributed by atoms with E-state index >= 15 is 0 Å². The molecular formula is C13H18N2O4. The summed E-state index contributed by atoms with van der Waals surface area (Å²) < 4.78 is 10.6. The zero-order valence-corrected chi connectivity index (χ0v) is 10.9. The van der Waals surface area contributed by atoms with E-state index in [1.807, 2.05) is 0 Å². The fourth-order valence-electron chi connectivity index (χ4n) is 2.14. The van der Waals surface area contributed by atoms with Gasteiger partial charge in [-0.1, -0.05) is 0 Å². The van der Waals surface area contributed by atoms with Gasteiger partial charge in [0, 0.05) is 0 Å². The van der Waals surface area contributed by atoms with Gasteiger partial charge in [-0.25, -0.2) is 0 Å². The Kier molecular flexibility index (Phi) is 4.57. The van der Waals surface area contributed by atoms with Crippen molar-refractivity contribution in [2.75, 3.05) is 26.8 Å². The zero-order valence-electron chi connectivity index (χ0n) is 10.9. The lowest BCUT2D eigenvalue weighted by molar-refractivity contribution is -0.386. The van der Waals surface area contributed by atoms with Gasteiger partial charge in [0.2, 0.25) is 0 Å². The van der Waals surface area contributed by atoms with Crippen LogP contribution in [0.5, 0.6) is 11.5 Å². The molecule has 0 unspecified atom stereocenters. The Bertz CT molecular complexity index is 444. The molecule has 0 bridgehead atoms. The van der Waals surface area contributed by atoms with Gasteiger partial charge in [0.25, 0.3) is 0 Å². The topological polar surface area (TPSA) is 73.6 Å². The fourth-order valence-corrected chi connectivity index (χ4v) is 2.14. The van der Waals surface area contributed by atoms with Gasteiger partial charge in [-0.05, 0) is 44.0 Å². The van der Waals surface area contributed by atoms with E-state index < -0.39 is 4.92 Å². The lowest BCUT2D eigenvalue weighted by atomic mass is 9.99. The maximum Gasteiger partial charge on any atom is 0.314 e. The number of piperidine rings is 1. The second kappa shape index (κ2) is 6.38. The van der Waals surface area contributed by atoms with Gasteiger partial charge in [-0.2, -0.15) is 0 Å². The molecule has 6 nitrogen and oxygen atoms in total. The van der Waals surface area contributed by atoms with Crippen LogP contribution in [0, 0.1) is 16.0 Å². The standard InChI is InChI=1S/C13H18N2O4/c1-18-11-2-3-13(12(8-11)15(16)17)19-9-10-4-6-14-7-5-10/h2-3,8,10,14H,4-7,9H2,1H3. The van der Waals surface area contributed by atoms with Crippen LogP contribution in [0.1, 0.15) is 12.8 Å². The second-order valence-corrected chi connectivity index (χ2v) is 4.60. The minimum atomic E-state index is -0.444. The summed E-state index contributed by atoms with van der Waals surface area (Å²) in [7, 11) is 1.48. The summed E-state index contributed by atoms with van der Waals surface area (Å²) >= 11 is 0. The summed E-state index contributed by atoms with van der Waals surface area (Å²) in [5.41, 5.74) is -0.0479. The highest BCUT2D eigenvalue weighted by molar-refractivity contribution is 5.50. The molecule has 1 fully saturated rings. The molecule has 1 aliphatic rings. The summed E-state index contributed by atoms with van der Waals surface area (Å²) in [6.07, 6.45) is 2.09. The molecule has 2 rings (SSSR count). The molecule has 19 heavy (non-hydrogen) atoms. The average Bonchev–Trinajstić information content (AvgIpc) is 2.46. The third-order valence-electron chi connectivity index (χ3n) is 3.30. The Morgan fingerprint density at radius 2 is 2.16 bits per heavy atom. The van der Waals surface area contributed by atoms with Crippen LogP contribution in [0.15, 0.2) is 18.2 Å². The summed E-state index contributed by atoms with van der Waals surface area (Å²) in [6, 6.07) is 4.65. The van der Waals surface area contributed by atoms with Crippen LogP contribution in [0.4, 0.5) is 5.69 Å². The zero-order chi connectivity index (χ0) is 13.7. The molecule has 1 aliphatic heterocycles. The first kappa shape index (κ1) is 13.6. The van der Waals surface area contributed by atoms with Gasteiger partial charge < -0.3 is 14.8 Å². The smallest absolute Gasteiger partial charge is 0.314 e. The summed E-state index contributed by atoms with van der Waals surface area (Å²) in [5, 5.41) is 14.3. The highest BCUT2D eigenvalue weighted by atomic mass is 16.6. The van der Waals surface area contributed by atoms with Crippen molar-refractivity contribution < 1.29 is 14.4 Å². The van der Waals surface area contributed by atoms with Crippen molar-refractivity contribution in [2.45, 2.75) is 12.8 Å². The first-order valence-electron chi connectivity index (χ1n) is 6.36. The number of methoxy groups -OCH3 is 1. The maximum absolute atomic E-state index is 11.0. The van der Waals surface area contributed by atoms with Crippen molar-refractivity contribution in [3.63, 3.8) is 0 Å². The van der Waals surface area contributed by atoms with Crippen LogP contribution in [0.3, 0.4) is 0 Å². The third-order valence-corrected chi connectivity index (χ3v) is 3.30. The monoisotopic (exact) mass is 266 g/mol. The van der Waals surface area contributed by atoms with Crippen molar-refractivity contribution in [1.29, 1.82) is 0 Å². The Hall–Kier alpha value is -1.82. The number of hydrogen-bond donors (Lipinski definition) is 1. The fraction of sp³-hybridized carbons (Fsp3) is 0.538. The number of hydrogen-bond acceptors (Lipinski definition) is 5. The molecule has 104 valence electrons. The number of nitro benzene ring substituents is 1. The highest BCUT2D eigenvalue weighted by Crippen LogP contribution is 2.31. The normalized spacial score (nSPS) is 16.1. The minimum absolute atomic E-state index is 0.0479. The molecule has 6 heteroatoms. The lowest BCUT2D eigenvalue weighted by Gasteiger charge is -2.22. The number of benzene rings is 1. The average molecular weight is 266 g/mol. The molecule has 0 aliphatic carbocycles.